The second-order valence-electron chi connectivity index (χ2n) is 9.41. The minimum absolute atomic E-state index is 0.0174. The lowest BCUT2D eigenvalue weighted by molar-refractivity contribution is -0.156. The van der Waals surface area contributed by atoms with Crippen molar-refractivity contribution in [3.8, 4) is 0 Å². The average Bonchev–Trinajstić information content (AvgIpc) is 3.40. The molecule has 3 rings (SSSR count). The molecule has 9 heteroatoms. The maximum atomic E-state index is 13.1. The Balaban J connectivity index is 1.65. The zero-order chi connectivity index (χ0) is 24.2. The zero-order valence-corrected chi connectivity index (χ0v) is 20.4. The molecule has 1 aromatic rings. The van der Waals surface area contributed by atoms with E-state index in [2.05, 4.69) is 5.32 Å². The predicted molar refractivity (Wildman–Crippen MR) is 124 cm³/mol. The first kappa shape index (κ1) is 25.2. The van der Waals surface area contributed by atoms with Crippen molar-refractivity contribution in [3.05, 3.63) is 35.4 Å². The molecule has 0 aromatic heterocycles. The number of rotatable bonds is 8. The number of nitrogens with one attached hydrogen (secondary N) is 1. The van der Waals surface area contributed by atoms with Gasteiger partial charge in [-0.25, -0.2) is 13.2 Å². The van der Waals surface area contributed by atoms with Crippen LogP contribution in [0.25, 0.3) is 0 Å². The van der Waals surface area contributed by atoms with Crippen LogP contribution in [0.5, 0.6) is 0 Å². The summed E-state index contributed by atoms with van der Waals surface area (Å²) in [5.41, 5.74) is 1.27. The zero-order valence-electron chi connectivity index (χ0n) is 19.6. The number of sulfone groups is 1. The lowest BCUT2D eigenvalue weighted by Gasteiger charge is -2.34. The van der Waals surface area contributed by atoms with Crippen molar-refractivity contribution < 1.29 is 27.5 Å². The molecule has 8 nitrogen and oxygen atoms in total. The summed E-state index contributed by atoms with van der Waals surface area (Å²) in [7, 11) is -3.15. The molecule has 1 aliphatic heterocycles. The van der Waals surface area contributed by atoms with E-state index in [-0.39, 0.29) is 41.3 Å². The molecule has 1 heterocycles. The van der Waals surface area contributed by atoms with Gasteiger partial charge in [-0.3, -0.25) is 9.59 Å². The molecule has 1 unspecified atom stereocenters. The van der Waals surface area contributed by atoms with Gasteiger partial charge in [0, 0.05) is 17.6 Å². The fourth-order valence-corrected chi connectivity index (χ4v) is 6.44. The van der Waals surface area contributed by atoms with E-state index >= 15 is 0 Å². The van der Waals surface area contributed by atoms with Crippen molar-refractivity contribution in [3.63, 3.8) is 0 Å². The van der Waals surface area contributed by atoms with Crippen molar-refractivity contribution in [1.29, 1.82) is 0 Å². The molecule has 2 fully saturated rings. The quantitative estimate of drug-likeness (QED) is 0.574. The van der Waals surface area contributed by atoms with Crippen molar-refractivity contribution in [2.45, 2.75) is 71.0 Å². The molecule has 33 heavy (non-hydrogen) atoms. The Morgan fingerprint density at radius 2 is 1.76 bits per heavy atom. The Morgan fingerprint density at radius 3 is 2.33 bits per heavy atom. The van der Waals surface area contributed by atoms with Gasteiger partial charge in [0.25, 0.3) is 11.8 Å². The molecule has 1 saturated carbocycles. The van der Waals surface area contributed by atoms with Crippen molar-refractivity contribution in [2.75, 3.05) is 18.1 Å². The summed E-state index contributed by atoms with van der Waals surface area (Å²) in [6, 6.07) is 5.80. The van der Waals surface area contributed by atoms with Gasteiger partial charge in [0.15, 0.2) is 16.4 Å². The smallest absolute Gasteiger partial charge is 0.329 e. The van der Waals surface area contributed by atoms with E-state index in [0.717, 1.165) is 31.2 Å². The van der Waals surface area contributed by atoms with E-state index in [9.17, 15) is 22.8 Å². The molecule has 2 atom stereocenters. The van der Waals surface area contributed by atoms with E-state index in [1.165, 1.54) is 0 Å². The van der Waals surface area contributed by atoms with Gasteiger partial charge in [-0.1, -0.05) is 44.9 Å². The molecular formula is C24H34N2O6S. The molecule has 1 saturated heterocycles. The molecular weight excluding hydrogens is 444 g/mol. The first-order valence-corrected chi connectivity index (χ1v) is 13.5. The third-order valence-electron chi connectivity index (χ3n) is 6.54. The van der Waals surface area contributed by atoms with E-state index in [1.54, 1.807) is 30.9 Å². The molecule has 1 aromatic carbocycles. The predicted octanol–water partition coefficient (Wildman–Crippen LogP) is 2.25. The molecule has 0 spiro atoms. The average molecular weight is 479 g/mol. The number of carbonyl (C=O) groups excluding carboxylic acids is 3. The Kier molecular flexibility index (Phi) is 8.15. The second-order valence-corrected chi connectivity index (χ2v) is 11.6. The number of nitrogens with zero attached hydrogens (tertiary/aromatic N) is 1. The van der Waals surface area contributed by atoms with Crippen LogP contribution in [0.4, 0.5) is 0 Å². The lowest BCUT2D eigenvalue weighted by Crippen LogP contribution is -2.50. The topological polar surface area (TPSA) is 110 Å². The Hall–Kier alpha value is -2.42. The number of carbonyl (C=O) groups is 3. The highest BCUT2D eigenvalue weighted by Crippen LogP contribution is 2.29. The number of hydrogen-bond donors (Lipinski definition) is 1. The fourth-order valence-electron chi connectivity index (χ4n) is 4.72. The van der Waals surface area contributed by atoms with Crippen LogP contribution in [0.3, 0.4) is 0 Å². The summed E-state index contributed by atoms with van der Waals surface area (Å²) >= 11 is 0. The van der Waals surface area contributed by atoms with Gasteiger partial charge in [-0.05, 0) is 43.7 Å². The number of esters is 1. The molecule has 1 aliphatic carbocycles. The van der Waals surface area contributed by atoms with Crippen LogP contribution in [0.15, 0.2) is 24.3 Å². The van der Waals surface area contributed by atoms with E-state index in [1.807, 2.05) is 19.1 Å². The molecule has 2 aliphatic rings. The molecule has 182 valence electrons. The molecule has 0 radical (unpaired) electrons. The van der Waals surface area contributed by atoms with E-state index in [0.29, 0.717) is 12.0 Å². The SMILES string of the molecule is Cc1ccccc1C(=O)N[C@H](C(=O)OCC(=O)N(C1CCCC1)C1CCS(=O)(=O)C1)C(C)C. The maximum Gasteiger partial charge on any atom is 0.329 e. The number of amides is 2. The number of ether oxygens (including phenoxy) is 1. The van der Waals surface area contributed by atoms with E-state index < -0.39 is 28.5 Å². The van der Waals surface area contributed by atoms with Crippen LogP contribution < -0.4 is 5.32 Å². The normalized spacial score (nSPS) is 21.0. The molecule has 0 bridgehead atoms. The van der Waals surface area contributed by atoms with Gasteiger partial charge >= 0.3 is 5.97 Å². The fraction of sp³-hybridized carbons (Fsp3) is 0.625. The Morgan fingerprint density at radius 1 is 1.09 bits per heavy atom. The molecule has 1 N–H and O–H groups in total. The minimum Gasteiger partial charge on any atom is -0.454 e. The highest BCUT2D eigenvalue weighted by atomic mass is 32.2. The van der Waals surface area contributed by atoms with Gasteiger partial charge in [0.05, 0.1) is 11.5 Å². The summed E-state index contributed by atoms with van der Waals surface area (Å²) in [5, 5.41) is 2.73. The summed E-state index contributed by atoms with van der Waals surface area (Å²) in [4.78, 5) is 40.2. The van der Waals surface area contributed by atoms with Gasteiger partial charge < -0.3 is 15.0 Å². The summed E-state index contributed by atoms with van der Waals surface area (Å²) in [6.45, 7) is 4.94. The summed E-state index contributed by atoms with van der Waals surface area (Å²) in [5.74, 6) is -1.63. The van der Waals surface area contributed by atoms with Crippen molar-refractivity contribution in [1.82, 2.24) is 10.2 Å². The maximum absolute atomic E-state index is 13.1. The summed E-state index contributed by atoms with van der Waals surface area (Å²) < 4.78 is 29.3. The van der Waals surface area contributed by atoms with Gasteiger partial charge in [-0.2, -0.15) is 0 Å². The summed E-state index contributed by atoms with van der Waals surface area (Å²) in [6.07, 6.45) is 4.07. The third kappa shape index (κ3) is 6.34. The van der Waals surface area contributed by atoms with Crippen LogP contribution in [0.2, 0.25) is 0 Å². The van der Waals surface area contributed by atoms with Gasteiger partial charge in [0.2, 0.25) is 0 Å². The van der Waals surface area contributed by atoms with Crippen LogP contribution in [0.1, 0.15) is 61.9 Å². The largest absolute Gasteiger partial charge is 0.454 e. The third-order valence-corrected chi connectivity index (χ3v) is 8.29. The second kappa shape index (κ2) is 10.7. The molecule has 2 amide bonds. The highest BCUT2D eigenvalue weighted by molar-refractivity contribution is 7.91. The van der Waals surface area contributed by atoms with Crippen LogP contribution in [-0.2, 0) is 24.2 Å². The lowest BCUT2D eigenvalue weighted by atomic mass is 10.0. The van der Waals surface area contributed by atoms with Crippen LogP contribution in [0, 0.1) is 12.8 Å². The first-order valence-electron chi connectivity index (χ1n) is 11.6. The van der Waals surface area contributed by atoms with E-state index in [4.69, 9.17) is 4.74 Å². The standard InChI is InChI=1S/C24H34N2O6S/c1-16(2)22(25-23(28)20-11-7-4-8-17(20)3)24(29)32-14-21(27)26(18-9-5-6-10-18)19-12-13-33(30,31)15-19/h4,7-8,11,16,18-19,22H,5-6,9-10,12-15H2,1-3H3,(H,25,28)/t19?,22-/m0/s1. The minimum atomic E-state index is -3.15. The van der Waals surface area contributed by atoms with Gasteiger partial charge in [0.1, 0.15) is 6.04 Å². The van der Waals surface area contributed by atoms with Crippen molar-refractivity contribution in [2.24, 2.45) is 5.92 Å². The van der Waals surface area contributed by atoms with Crippen molar-refractivity contribution >= 4 is 27.6 Å². The number of benzene rings is 1. The number of hydrogen-bond acceptors (Lipinski definition) is 6. The number of aryl methyl sites for hydroxylation is 1. The monoisotopic (exact) mass is 478 g/mol. The Labute approximate surface area is 196 Å². The van der Waals surface area contributed by atoms with Gasteiger partial charge in [-0.15, -0.1) is 0 Å². The Bertz CT molecular complexity index is 984. The van der Waals surface area contributed by atoms with Crippen LogP contribution in [-0.4, -0.2) is 67.3 Å². The first-order chi connectivity index (χ1) is 15.6. The van der Waals surface area contributed by atoms with Crippen LogP contribution >= 0.6 is 0 Å². The highest BCUT2D eigenvalue weighted by Gasteiger charge is 2.39.